The van der Waals surface area contributed by atoms with Gasteiger partial charge in [-0.15, -0.1) is 0 Å². The minimum atomic E-state index is 0.0245. The Hall–Kier alpha value is -1.31. The van der Waals surface area contributed by atoms with Crippen LogP contribution in [-0.4, -0.2) is 0 Å². The number of benzene rings is 2. The first-order valence-corrected chi connectivity index (χ1v) is 6.08. The van der Waals surface area contributed by atoms with Crippen LogP contribution in [0, 0.1) is 6.92 Å². The lowest BCUT2D eigenvalue weighted by Crippen LogP contribution is -2.04. The van der Waals surface area contributed by atoms with Crippen LogP contribution in [0.2, 0.25) is 5.02 Å². The molecule has 0 bridgehead atoms. The molecule has 2 heteroatoms. The van der Waals surface area contributed by atoms with E-state index in [0.29, 0.717) is 0 Å². The first-order chi connectivity index (χ1) is 8.08. The molecule has 0 aliphatic heterocycles. The van der Waals surface area contributed by atoms with E-state index in [9.17, 15) is 0 Å². The van der Waals surface area contributed by atoms with Crippen LogP contribution in [0.5, 0.6) is 0 Å². The van der Waals surface area contributed by atoms with Gasteiger partial charge in [0, 0.05) is 16.6 Å². The van der Waals surface area contributed by atoms with E-state index in [-0.39, 0.29) is 6.04 Å². The molecule has 0 fully saturated rings. The summed E-state index contributed by atoms with van der Waals surface area (Å²) >= 11 is 6.23. The van der Waals surface area contributed by atoms with Gasteiger partial charge in [-0.25, -0.2) is 0 Å². The minimum absolute atomic E-state index is 0.0245. The van der Waals surface area contributed by atoms with Gasteiger partial charge < -0.3 is 5.73 Å². The summed E-state index contributed by atoms with van der Waals surface area (Å²) in [4.78, 5) is 0. The molecule has 0 aliphatic rings. The number of hydrogen-bond acceptors (Lipinski definition) is 1. The Morgan fingerprint density at radius 3 is 2.29 bits per heavy atom. The average Bonchev–Trinajstić information content (AvgIpc) is 2.31. The van der Waals surface area contributed by atoms with Crippen LogP contribution >= 0.6 is 11.6 Å². The summed E-state index contributed by atoms with van der Waals surface area (Å²) in [5, 5.41) is 0.762. The molecule has 2 aromatic rings. The van der Waals surface area contributed by atoms with Crippen LogP contribution in [0.15, 0.2) is 42.5 Å². The molecule has 0 amide bonds. The third kappa shape index (κ3) is 2.68. The molecule has 0 aromatic heterocycles. The molecule has 0 heterocycles. The summed E-state index contributed by atoms with van der Waals surface area (Å²) in [6.45, 7) is 4.05. The quantitative estimate of drug-likeness (QED) is 0.837. The van der Waals surface area contributed by atoms with Crippen LogP contribution < -0.4 is 5.73 Å². The fourth-order valence-corrected chi connectivity index (χ4v) is 2.01. The first kappa shape index (κ1) is 12.2. The van der Waals surface area contributed by atoms with Gasteiger partial charge >= 0.3 is 0 Å². The highest BCUT2D eigenvalue weighted by Crippen LogP contribution is 2.30. The molecule has 2 N–H and O–H groups in total. The Morgan fingerprint density at radius 2 is 1.71 bits per heavy atom. The summed E-state index contributed by atoms with van der Waals surface area (Å²) in [5.74, 6) is 0. The second-order valence-electron chi connectivity index (χ2n) is 4.39. The monoisotopic (exact) mass is 245 g/mol. The van der Waals surface area contributed by atoms with E-state index in [0.717, 1.165) is 21.7 Å². The largest absolute Gasteiger partial charge is 0.324 e. The lowest BCUT2D eigenvalue weighted by atomic mass is 9.99. The molecule has 0 radical (unpaired) electrons. The number of nitrogens with two attached hydrogens (primary N) is 1. The van der Waals surface area contributed by atoms with E-state index in [1.165, 1.54) is 5.56 Å². The van der Waals surface area contributed by atoms with Crippen molar-refractivity contribution in [3.05, 3.63) is 58.6 Å². The van der Waals surface area contributed by atoms with Gasteiger partial charge in [0.05, 0.1) is 0 Å². The molecule has 17 heavy (non-hydrogen) atoms. The van der Waals surface area contributed by atoms with Gasteiger partial charge in [0.25, 0.3) is 0 Å². The van der Waals surface area contributed by atoms with E-state index >= 15 is 0 Å². The molecular formula is C15H16ClN. The van der Waals surface area contributed by atoms with Gasteiger partial charge in [0.2, 0.25) is 0 Å². The van der Waals surface area contributed by atoms with Gasteiger partial charge in [0.1, 0.15) is 0 Å². The zero-order valence-corrected chi connectivity index (χ0v) is 10.8. The van der Waals surface area contributed by atoms with Gasteiger partial charge in [0.15, 0.2) is 0 Å². The van der Waals surface area contributed by atoms with E-state index in [1.54, 1.807) is 0 Å². The third-order valence-corrected chi connectivity index (χ3v) is 3.21. The zero-order valence-electron chi connectivity index (χ0n) is 10.1. The van der Waals surface area contributed by atoms with Crippen molar-refractivity contribution in [2.75, 3.05) is 0 Å². The van der Waals surface area contributed by atoms with Crippen LogP contribution in [0.4, 0.5) is 0 Å². The second-order valence-corrected chi connectivity index (χ2v) is 4.80. The molecule has 0 spiro atoms. The number of halogens is 1. The fourth-order valence-electron chi connectivity index (χ4n) is 1.78. The summed E-state index contributed by atoms with van der Waals surface area (Å²) in [5.41, 5.74) is 10.4. The predicted molar refractivity (Wildman–Crippen MR) is 74.2 cm³/mol. The van der Waals surface area contributed by atoms with Crippen LogP contribution in [-0.2, 0) is 0 Å². The second kappa shape index (κ2) is 4.91. The summed E-state index contributed by atoms with van der Waals surface area (Å²) in [6, 6.07) is 14.3. The summed E-state index contributed by atoms with van der Waals surface area (Å²) < 4.78 is 0. The molecule has 0 saturated heterocycles. The lowest BCUT2D eigenvalue weighted by molar-refractivity contribution is 0.819. The van der Waals surface area contributed by atoms with Gasteiger partial charge in [-0.3, -0.25) is 0 Å². The number of aryl methyl sites for hydroxylation is 1. The maximum Gasteiger partial charge on any atom is 0.0484 e. The van der Waals surface area contributed by atoms with Crippen molar-refractivity contribution in [3.8, 4) is 11.1 Å². The van der Waals surface area contributed by atoms with Crippen LogP contribution in [0.25, 0.3) is 11.1 Å². The maximum absolute atomic E-state index is 6.23. The molecule has 0 saturated carbocycles. The maximum atomic E-state index is 6.23. The third-order valence-electron chi connectivity index (χ3n) is 2.88. The van der Waals surface area contributed by atoms with Crippen molar-refractivity contribution in [1.82, 2.24) is 0 Å². The Bertz CT molecular complexity index is 515. The molecule has 0 aliphatic carbocycles. The molecule has 2 rings (SSSR count). The topological polar surface area (TPSA) is 26.0 Å². The van der Waals surface area contributed by atoms with E-state index < -0.39 is 0 Å². The standard InChI is InChI=1S/C15H16ClN/c1-10-3-5-12(6-4-10)14-9-13(11(2)17)7-8-15(14)16/h3-9,11H,17H2,1-2H3. The minimum Gasteiger partial charge on any atom is -0.324 e. The van der Waals surface area contributed by atoms with Gasteiger partial charge in [-0.2, -0.15) is 0 Å². The summed E-state index contributed by atoms with van der Waals surface area (Å²) in [6.07, 6.45) is 0. The molecular weight excluding hydrogens is 230 g/mol. The van der Waals surface area contributed by atoms with E-state index in [1.807, 2.05) is 19.1 Å². The molecule has 2 aromatic carbocycles. The van der Waals surface area contributed by atoms with Crippen molar-refractivity contribution in [3.63, 3.8) is 0 Å². The van der Waals surface area contributed by atoms with Crippen LogP contribution in [0.3, 0.4) is 0 Å². The fraction of sp³-hybridized carbons (Fsp3) is 0.200. The number of hydrogen-bond donors (Lipinski definition) is 1. The molecule has 88 valence electrons. The molecule has 1 nitrogen and oxygen atoms in total. The highest BCUT2D eigenvalue weighted by atomic mass is 35.5. The van der Waals surface area contributed by atoms with Crippen molar-refractivity contribution < 1.29 is 0 Å². The van der Waals surface area contributed by atoms with Gasteiger partial charge in [-0.05, 0) is 37.1 Å². The molecule has 1 unspecified atom stereocenters. The lowest BCUT2D eigenvalue weighted by Gasteiger charge is -2.10. The van der Waals surface area contributed by atoms with E-state index in [4.69, 9.17) is 17.3 Å². The molecule has 1 atom stereocenters. The smallest absolute Gasteiger partial charge is 0.0484 e. The first-order valence-electron chi connectivity index (χ1n) is 5.70. The number of rotatable bonds is 2. The van der Waals surface area contributed by atoms with E-state index in [2.05, 4.69) is 37.3 Å². The average molecular weight is 246 g/mol. The van der Waals surface area contributed by atoms with Gasteiger partial charge in [-0.1, -0.05) is 47.5 Å². The van der Waals surface area contributed by atoms with Crippen LogP contribution in [0.1, 0.15) is 24.1 Å². The Labute approximate surface area is 107 Å². The van der Waals surface area contributed by atoms with Crippen molar-refractivity contribution in [2.24, 2.45) is 5.73 Å². The normalized spacial score (nSPS) is 12.5. The Morgan fingerprint density at radius 1 is 1.06 bits per heavy atom. The SMILES string of the molecule is Cc1ccc(-c2cc(C(C)N)ccc2Cl)cc1. The van der Waals surface area contributed by atoms with Crippen molar-refractivity contribution in [2.45, 2.75) is 19.9 Å². The highest BCUT2D eigenvalue weighted by Gasteiger charge is 2.07. The Balaban J connectivity index is 2.50. The predicted octanol–water partition coefficient (Wildman–Crippen LogP) is 4.34. The highest BCUT2D eigenvalue weighted by molar-refractivity contribution is 6.33. The van der Waals surface area contributed by atoms with Crippen molar-refractivity contribution >= 4 is 11.6 Å². The zero-order chi connectivity index (χ0) is 12.4. The van der Waals surface area contributed by atoms with Crippen molar-refractivity contribution in [1.29, 1.82) is 0 Å². The summed E-state index contributed by atoms with van der Waals surface area (Å²) in [7, 11) is 0. The Kier molecular flexibility index (Phi) is 3.51.